The first-order chi connectivity index (χ1) is 19.3. The van der Waals surface area contributed by atoms with E-state index in [4.69, 9.17) is 9.97 Å². The Kier molecular flexibility index (Phi) is 4.77. The van der Waals surface area contributed by atoms with Gasteiger partial charge in [-0.3, -0.25) is 0 Å². The van der Waals surface area contributed by atoms with Crippen LogP contribution >= 0.6 is 0 Å². The van der Waals surface area contributed by atoms with Gasteiger partial charge in [-0.1, -0.05) is 115 Å². The van der Waals surface area contributed by atoms with Gasteiger partial charge >= 0.3 is 0 Å². The molecule has 2 heterocycles. The van der Waals surface area contributed by atoms with Crippen molar-refractivity contribution in [2.24, 2.45) is 0 Å². The van der Waals surface area contributed by atoms with Crippen molar-refractivity contribution in [1.29, 1.82) is 0 Å². The molecule has 0 fully saturated rings. The molecule has 0 atom stereocenters. The highest BCUT2D eigenvalue weighted by Gasteiger charge is 2.15. The number of hydrogen-bond donors (Lipinski definition) is 0. The monoisotopic (exact) mass is 496 g/mol. The molecule has 0 radical (unpaired) electrons. The maximum atomic E-state index is 5.15. The fourth-order valence-corrected chi connectivity index (χ4v) is 6.15. The Bertz CT molecular complexity index is 2290. The molecule has 2 nitrogen and oxygen atoms in total. The van der Waals surface area contributed by atoms with E-state index >= 15 is 0 Å². The van der Waals surface area contributed by atoms with Crippen LogP contribution < -0.4 is 0 Å². The van der Waals surface area contributed by atoms with Gasteiger partial charge in [0.1, 0.15) is 0 Å². The summed E-state index contributed by atoms with van der Waals surface area (Å²) in [6.07, 6.45) is 2.36. The first-order valence-corrected chi connectivity index (χ1v) is 13.4. The first kappa shape index (κ1) is 22.0. The van der Waals surface area contributed by atoms with Crippen molar-refractivity contribution in [3.05, 3.63) is 132 Å². The zero-order chi connectivity index (χ0) is 25.9. The van der Waals surface area contributed by atoms with Crippen LogP contribution in [0.4, 0.5) is 0 Å². The van der Waals surface area contributed by atoms with Crippen molar-refractivity contribution in [3.63, 3.8) is 0 Å². The second-order valence-corrected chi connectivity index (χ2v) is 10.2. The summed E-state index contributed by atoms with van der Waals surface area (Å²) >= 11 is 0. The van der Waals surface area contributed by atoms with Crippen LogP contribution in [-0.2, 0) is 0 Å². The van der Waals surface area contributed by atoms with Gasteiger partial charge in [0.2, 0.25) is 0 Å². The fraction of sp³-hybridized carbons (Fsp3) is 0.0270. The molecule has 8 rings (SSSR count). The van der Waals surface area contributed by atoms with Gasteiger partial charge in [-0.2, -0.15) is 0 Å². The third kappa shape index (κ3) is 3.35. The van der Waals surface area contributed by atoms with Crippen molar-refractivity contribution in [3.8, 4) is 0 Å². The predicted molar refractivity (Wildman–Crippen MR) is 167 cm³/mol. The van der Waals surface area contributed by atoms with Crippen LogP contribution in [0.5, 0.6) is 0 Å². The van der Waals surface area contributed by atoms with Crippen molar-refractivity contribution in [1.82, 2.24) is 9.97 Å². The minimum atomic E-state index is 1.01. The standard InChI is InChI=1S/C37H24N2/c1-23(35-30-15-7-9-17-34(30)39-37-27-13-5-3-11-25(27)19-21-31(35)37)22-32-28-14-6-8-16-33(28)38-36-26-12-4-2-10-24(26)18-20-29(32)36/h2-22H,1H3. The lowest BCUT2D eigenvalue weighted by Gasteiger charge is -2.15. The van der Waals surface area contributed by atoms with Crippen molar-refractivity contribution < 1.29 is 0 Å². The topological polar surface area (TPSA) is 25.8 Å². The van der Waals surface area contributed by atoms with Crippen molar-refractivity contribution in [2.45, 2.75) is 6.92 Å². The Morgan fingerprint density at radius 2 is 0.949 bits per heavy atom. The van der Waals surface area contributed by atoms with Gasteiger partial charge in [0, 0.05) is 32.3 Å². The lowest BCUT2D eigenvalue weighted by molar-refractivity contribution is 1.50. The first-order valence-electron chi connectivity index (χ1n) is 13.4. The molecule has 0 aliphatic heterocycles. The number of fused-ring (bicyclic) bond motifs is 8. The average Bonchev–Trinajstić information content (AvgIpc) is 2.99. The maximum Gasteiger partial charge on any atom is 0.0794 e. The number of para-hydroxylation sites is 2. The highest BCUT2D eigenvalue weighted by Crippen LogP contribution is 2.38. The molecule has 0 unspecified atom stereocenters. The molecular weight excluding hydrogens is 472 g/mol. The molecule has 2 heteroatoms. The maximum absolute atomic E-state index is 5.15. The number of aromatic nitrogens is 2. The average molecular weight is 497 g/mol. The molecule has 8 aromatic rings. The number of allylic oxidation sites excluding steroid dienone is 1. The van der Waals surface area contributed by atoms with E-state index in [1.54, 1.807) is 0 Å². The smallest absolute Gasteiger partial charge is 0.0794 e. The van der Waals surface area contributed by atoms with Gasteiger partial charge in [-0.05, 0) is 46.5 Å². The molecule has 39 heavy (non-hydrogen) atoms. The number of nitrogens with zero attached hydrogens (tertiary/aromatic N) is 2. The number of hydrogen-bond acceptors (Lipinski definition) is 2. The normalized spacial score (nSPS) is 12.4. The number of benzene rings is 6. The zero-order valence-corrected chi connectivity index (χ0v) is 21.5. The number of pyridine rings is 2. The van der Waals surface area contributed by atoms with Crippen molar-refractivity contribution >= 4 is 76.8 Å². The molecule has 0 aliphatic rings. The fourth-order valence-electron chi connectivity index (χ4n) is 6.15. The van der Waals surface area contributed by atoms with E-state index < -0.39 is 0 Å². The van der Waals surface area contributed by atoms with Crippen LogP contribution in [0.25, 0.3) is 76.8 Å². The Morgan fingerprint density at radius 1 is 0.462 bits per heavy atom. The molecule has 2 aromatic heterocycles. The summed E-state index contributed by atoms with van der Waals surface area (Å²) in [7, 11) is 0. The quantitative estimate of drug-likeness (QED) is 0.176. The summed E-state index contributed by atoms with van der Waals surface area (Å²) in [5, 5.41) is 9.44. The van der Waals surface area contributed by atoms with Gasteiger partial charge in [0.25, 0.3) is 0 Å². The van der Waals surface area contributed by atoms with E-state index in [1.165, 1.54) is 54.4 Å². The summed E-state index contributed by atoms with van der Waals surface area (Å²) in [5.74, 6) is 0. The SMILES string of the molecule is CC(=Cc1c2ccccc2nc2c1ccc1ccccc12)c1c2ccccc2nc2c1ccc1ccccc12. The summed E-state index contributed by atoms with van der Waals surface area (Å²) in [5.41, 5.74) is 7.76. The summed E-state index contributed by atoms with van der Waals surface area (Å²) in [4.78, 5) is 10.3. The highest BCUT2D eigenvalue weighted by atomic mass is 14.7. The molecule has 0 N–H and O–H groups in total. The van der Waals surface area contributed by atoms with Gasteiger partial charge in [0.15, 0.2) is 0 Å². The second-order valence-electron chi connectivity index (χ2n) is 10.2. The van der Waals surface area contributed by atoms with Crippen LogP contribution in [0.1, 0.15) is 18.1 Å². The minimum absolute atomic E-state index is 1.01. The van der Waals surface area contributed by atoms with E-state index in [0.717, 1.165) is 27.5 Å². The molecule has 6 aromatic carbocycles. The molecule has 0 amide bonds. The lowest BCUT2D eigenvalue weighted by Crippen LogP contribution is -1.93. The lowest BCUT2D eigenvalue weighted by atomic mass is 9.92. The van der Waals surface area contributed by atoms with Gasteiger partial charge < -0.3 is 0 Å². The Labute approximate surface area is 225 Å². The second kappa shape index (κ2) is 8.47. The van der Waals surface area contributed by atoms with E-state index in [9.17, 15) is 0 Å². The molecule has 182 valence electrons. The molecule has 0 saturated heterocycles. The van der Waals surface area contributed by atoms with Crippen LogP contribution in [-0.4, -0.2) is 9.97 Å². The van der Waals surface area contributed by atoms with Gasteiger partial charge in [0.05, 0.1) is 22.1 Å². The minimum Gasteiger partial charge on any atom is -0.247 e. The Balaban J connectivity index is 1.50. The molecule has 0 aliphatic carbocycles. The van der Waals surface area contributed by atoms with Gasteiger partial charge in [-0.25, -0.2) is 9.97 Å². The molecule has 0 saturated carbocycles. The van der Waals surface area contributed by atoms with E-state index in [2.05, 4.69) is 134 Å². The van der Waals surface area contributed by atoms with Crippen LogP contribution in [0, 0.1) is 0 Å². The zero-order valence-electron chi connectivity index (χ0n) is 21.5. The van der Waals surface area contributed by atoms with Crippen LogP contribution in [0.2, 0.25) is 0 Å². The van der Waals surface area contributed by atoms with E-state index in [-0.39, 0.29) is 0 Å². The summed E-state index contributed by atoms with van der Waals surface area (Å²) < 4.78 is 0. The van der Waals surface area contributed by atoms with E-state index in [1.807, 2.05) is 0 Å². The van der Waals surface area contributed by atoms with Gasteiger partial charge in [-0.15, -0.1) is 0 Å². The third-order valence-electron chi connectivity index (χ3n) is 7.95. The molecule has 0 spiro atoms. The number of rotatable bonds is 2. The summed E-state index contributed by atoms with van der Waals surface area (Å²) in [6, 6.07) is 42.9. The van der Waals surface area contributed by atoms with Crippen molar-refractivity contribution in [2.75, 3.05) is 0 Å². The largest absolute Gasteiger partial charge is 0.247 e. The molecule has 0 bridgehead atoms. The molecular formula is C37H24N2. The highest BCUT2D eigenvalue weighted by molar-refractivity contribution is 6.18. The summed E-state index contributed by atoms with van der Waals surface area (Å²) in [6.45, 7) is 2.23. The van der Waals surface area contributed by atoms with Crippen LogP contribution in [0.3, 0.4) is 0 Å². The third-order valence-corrected chi connectivity index (χ3v) is 7.95. The van der Waals surface area contributed by atoms with E-state index in [0.29, 0.717) is 0 Å². The Morgan fingerprint density at radius 3 is 1.62 bits per heavy atom. The Hall–Kier alpha value is -5.08. The van der Waals surface area contributed by atoms with Crippen LogP contribution in [0.15, 0.2) is 121 Å². The predicted octanol–water partition coefficient (Wildman–Crippen LogP) is 9.96.